The number of ether oxygens (including phenoxy) is 3. The van der Waals surface area contributed by atoms with Crippen LogP contribution in [0.3, 0.4) is 0 Å². The zero-order valence-electron chi connectivity index (χ0n) is 21.0. The highest BCUT2D eigenvalue weighted by Gasteiger charge is 2.58. The predicted octanol–water partition coefficient (Wildman–Crippen LogP) is 6.10. The first kappa shape index (κ1) is 23.7. The lowest BCUT2D eigenvalue weighted by atomic mass is 9.55. The van der Waals surface area contributed by atoms with Gasteiger partial charge in [0.2, 0.25) is 0 Å². The molecule has 0 bridgehead atoms. The first-order chi connectivity index (χ1) is 16.8. The first-order valence-electron chi connectivity index (χ1n) is 12.6. The molecule has 0 spiro atoms. The monoisotopic (exact) mass is 474 g/mol. The topological polar surface area (TPSA) is 61.8 Å². The second kappa shape index (κ2) is 9.18. The van der Waals surface area contributed by atoms with E-state index in [1.165, 1.54) is 30.5 Å². The van der Waals surface area contributed by atoms with Gasteiger partial charge in [-0.2, -0.15) is 0 Å². The summed E-state index contributed by atoms with van der Waals surface area (Å²) in [4.78, 5) is 23.6. The van der Waals surface area contributed by atoms with Crippen molar-refractivity contribution in [2.75, 3.05) is 7.11 Å². The number of methoxy groups -OCH3 is 1. The van der Waals surface area contributed by atoms with E-state index in [-0.39, 0.29) is 23.5 Å². The van der Waals surface area contributed by atoms with Crippen LogP contribution in [0.1, 0.15) is 69.1 Å². The lowest BCUT2D eigenvalue weighted by Crippen LogP contribution is -2.45. The first-order valence-corrected chi connectivity index (χ1v) is 12.6. The molecule has 0 saturated heterocycles. The molecule has 5 atom stereocenters. The molecule has 184 valence electrons. The summed E-state index contributed by atoms with van der Waals surface area (Å²) in [5.74, 6) is 2.45. The summed E-state index contributed by atoms with van der Waals surface area (Å²) in [7, 11) is 1.67. The quantitative estimate of drug-likeness (QED) is 0.396. The molecule has 5 nitrogen and oxygen atoms in total. The molecule has 0 N–H and O–H groups in total. The van der Waals surface area contributed by atoms with Gasteiger partial charge in [0.25, 0.3) is 0 Å². The fraction of sp³-hybridized carbons (Fsp3) is 0.467. The molecule has 2 aromatic rings. The van der Waals surface area contributed by atoms with Crippen LogP contribution in [-0.2, 0) is 20.7 Å². The van der Waals surface area contributed by atoms with Gasteiger partial charge in [-0.05, 0) is 96.4 Å². The Balaban J connectivity index is 1.46. The van der Waals surface area contributed by atoms with Gasteiger partial charge in [-0.25, -0.2) is 0 Å². The maximum atomic E-state index is 12.2. The van der Waals surface area contributed by atoms with E-state index in [2.05, 4.69) is 31.2 Å². The van der Waals surface area contributed by atoms with Crippen molar-refractivity contribution in [3.63, 3.8) is 0 Å². The normalized spacial score (nSPS) is 30.1. The minimum atomic E-state index is -0.286. The van der Waals surface area contributed by atoms with Crippen molar-refractivity contribution in [2.24, 2.45) is 17.3 Å². The van der Waals surface area contributed by atoms with E-state index in [9.17, 15) is 9.59 Å². The van der Waals surface area contributed by atoms with Gasteiger partial charge in [-0.1, -0.05) is 31.2 Å². The molecule has 5 heteroatoms. The van der Waals surface area contributed by atoms with Crippen molar-refractivity contribution in [1.82, 2.24) is 0 Å². The Bertz CT molecular complexity index is 1160. The number of fused-ring (bicyclic) bond motifs is 5. The van der Waals surface area contributed by atoms with Crippen molar-refractivity contribution in [3.8, 4) is 11.5 Å². The summed E-state index contributed by atoms with van der Waals surface area (Å²) < 4.78 is 16.7. The molecule has 3 aliphatic carbocycles. The number of carbonyl (C=O) groups is 2. The molecule has 3 aliphatic rings. The lowest BCUT2D eigenvalue weighted by molar-refractivity contribution is -0.152. The minimum Gasteiger partial charge on any atom is -0.497 e. The van der Waals surface area contributed by atoms with Gasteiger partial charge in [0.1, 0.15) is 17.6 Å². The van der Waals surface area contributed by atoms with Crippen LogP contribution >= 0.6 is 0 Å². The molecular formula is C30H34O5. The van der Waals surface area contributed by atoms with Crippen LogP contribution in [0.25, 0.3) is 6.08 Å². The average molecular weight is 475 g/mol. The molecular weight excluding hydrogens is 440 g/mol. The molecule has 2 saturated carbocycles. The van der Waals surface area contributed by atoms with E-state index in [0.29, 0.717) is 23.5 Å². The van der Waals surface area contributed by atoms with E-state index in [0.717, 1.165) is 43.4 Å². The van der Waals surface area contributed by atoms with Crippen molar-refractivity contribution in [1.29, 1.82) is 0 Å². The molecule has 0 radical (unpaired) electrons. The molecule has 0 heterocycles. The molecule has 0 aliphatic heterocycles. The van der Waals surface area contributed by atoms with Crippen LogP contribution in [0.4, 0.5) is 0 Å². The van der Waals surface area contributed by atoms with Crippen LogP contribution in [0, 0.1) is 17.3 Å². The van der Waals surface area contributed by atoms with Gasteiger partial charge in [0.15, 0.2) is 0 Å². The Labute approximate surface area is 207 Å². The number of carbonyl (C=O) groups excluding carboxylic acids is 2. The van der Waals surface area contributed by atoms with E-state index < -0.39 is 0 Å². The molecule has 0 aromatic heterocycles. The number of hydrogen-bond donors (Lipinski definition) is 0. The summed E-state index contributed by atoms with van der Waals surface area (Å²) in [5, 5.41) is 0. The fourth-order valence-corrected chi connectivity index (χ4v) is 7.06. The SMILES string of the molecule is COc1ccc(/C=C2\C[C@@H]3[C@@H]4CCc5cc(OC(C)=O)ccc5[C@@H]4CC[C@@]3(C)[C@@H]2OC(C)=O)cc1. The zero-order valence-corrected chi connectivity index (χ0v) is 21.0. The van der Waals surface area contributed by atoms with Crippen LogP contribution in [0.5, 0.6) is 11.5 Å². The van der Waals surface area contributed by atoms with Gasteiger partial charge in [0.05, 0.1) is 7.11 Å². The molecule has 5 rings (SSSR count). The lowest BCUT2D eigenvalue weighted by Gasteiger charge is -2.50. The number of hydrogen-bond acceptors (Lipinski definition) is 5. The maximum absolute atomic E-state index is 12.2. The third-order valence-corrected chi connectivity index (χ3v) is 8.54. The second-order valence-corrected chi connectivity index (χ2v) is 10.6. The smallest absolute Gasteiger partial charge is 0.308 e. The summed E-state index contributed by atoms with van der Waals surface area (Å²) >= 11 is 0. The van der Waals surface area contributed by atoms with E-state index in [4.69, 9.17) is 14.2 Å². The Morgan fingerprint density at radius 3 is 2.43 bits per heavy atom. The van der Waals surface area contributed by atoms with Crippen LogP contribution < -0.4 is 9.47 Å². The van der Waals surface area contributed by atoms with Crippen LogP contribution in [0.2, 0.25) is 0 Å². The van der Waals surface area contributed by atoms with Gasteiger partial charge in [-0.3, -0.25) is 9.59 Å². The predicted molar refractivity (Wildman–Crippen MR) is 134 cm³/mol. The zero-order chi connectivity index (χ0) is 24.7. The number of esters is 2. The Kier molecular flexibility index (Phi) is 6.20. The molecule has 0 unspecified atom stereocenters. The average Bonchev–Trinajstić information content (AvgIpc) is 3.10. The van der Waals surface area contributed by atoms with E-state index in [1.54, 1.807) is 7.11 Å². The number of aryl methyl sites for hydroxylation is 1. The van der Waals surface area contributed by atoms with Crippen LogP contribution in [0.15, 0.2) is 48.0 Å². The third kappa shape index (κ3) is 4.37. The number of rotatable bonds is 4. The minimum absolute atomic E-state index is 0.0691. The Morgan fingerprint density at radius 2 is 1.74 bits per heavy atom. The summed E-state index contributed by atoms with van der Waals surface area (Å²) in [6.45, 7) is 5.29. The van der Waals surface area contributed by atoms with Crippen molar-refractivity contribution in [3.05, 3.63) is 64.7 Å². The highest BCUT2D eigenvalue weighted by molar-refractivity contribution is 5.69. The number of benzene rings is 2. The third-order valence-electron chi connectivity index (χ3n) is 8.54. The second-order valence-electron chi connectivity index (χ2n) is 10.6. The van der Waals surface area contributed by atoms with E-state index >= 15 is 0 Å². The molecule has 0 amide bonds. The van der Waals surface area contributed by atoms with Crippen molar-refractivity contribution < 1.29 is 23.8 Å². The Morgan fingerprint density at radius 1 is 1.00 bits per heavy atom. The molecule has 2 aromatic carbocycles. The van der Waals surface area contributed by atoms with E-state index in [1.807, 2.05) is 24.3 Å². The van der Waals surface area contributed by atoms with Crippen LogP contribution in [-0.4, -0.2) is 25.2 Å². The van der Waals surface area contributed by atoms with Gasteiger partial charge < -0.3 is 14.2 Å². The summed E-state index contributed by atoms with van der Waals surface area (Å²) in [5.41, 5.74) is 4.95. The van der Waals surface area contributed by atoms with Gasteiger partial charge in [0, 0.05) is 19.3 Å². The maximum Gasteiger partial charge on any atom is 0.308 e. The fourth-order valence-electron chi connectivity index (χ4n) is 7.06. The Hall–Kier alpha value is -3.08. The van der Waals surface area contributed by atoms with Gasteiger partial charge >= 0.3 is 11.9 Å². The van der Waals surface area contributed by atoms with Gasteiger partial charge in [-0.15, -0.1) is 0 Å². The largest absolute Gasteiger partial charge is 0.497 e. The van der Waals surface area contributed by atoms with Crippen molar-refractivity contribution in [2.45, 2.75) is 64.9 Å². The highest BCUT2D eigenvalue weighted by atomic mass is 16.5. The van der Waals surface area contributed by atoms with Crippen molar-refractivity contribution >= 4 is 18.0 Å². The summed E-state index contributed by atoms with van der Waals surface area (Å²) in [6, 6.07) is 14.2. The standard InChI is InChI=1S/C30H34O5/c1-18(31)34-24-10-12-25-21(16-24)7-11-27-26(25)13-14-30(3)28(27)17-22(29(30)35-19(2)32)15-20-5-8-23(33-4)9-6-20/h5-6,8-10,12,15-16,26-29H,7,11,13-14,17H2,1-4H3/b22-15+/t26-,27+,28+,29+,30+/m0/s1. The summed E-state index contributed by atoms with van der Waals surface area (Å²) in [6.07, 6.45) is 7.14. The molecule has 2 fully saturated rings. The molecule has 35 heavy (non-hydrogen) atoms. The highest BCUT2D eigenvalue weighted by Crippen LogP contribution is 2.63.